The van der Waals surface area contributed by atoms with Crippen LogP contribution in [0.1, 0.15) is 50.9 Å². The van der Waals surface area contributed by atoms with E-state index in [9.17, 15) is 0 Å². The molecule has 0 atom stereocenters. The summed E-state index contributed by atoms with van der Waals surface area (Å²) in [7, 11) is 0. The monoisotopic (exact) mass is 304 g/mol. The molecule has 0 bridgehead atoms. The number of rotatable bonds is 4. The zero-order chi connectivity index (χ0) is 15.0. The van der Waals surface area contributed by atoms with Crippen LogP contribution in [0.4, 0.5) is 0 Å². The van der Waals surface area contributed by atoms with Gasteiger partial charge in [-0.25, -0.2) is 9.67 Å². The molecule has 0 spiro atoms. The van der Waals surface area contributed by atoms with E-state index >= 15 is 0 Å². The molecule has 1 aliphatic rings. The quantitative estimate of drug-likeness (QED) is 0.937. The molecule has 1 saturated carbocycles. The minimum absolute atomic E-state index is 0.0336. The van der Waals surface area contributed by atoms with Gasteiger partial charge in [0.1, 0.15) is 0 Å². The van der Waals surface area contributed by atoms with Crippen molar-refractivity contribution in [1.29, 1.82) is 0 Å². The molecule has 0 aliphatic heterocycles. The van der Waals surface area contributed by atoms with Gasteiger partial charge in [-0.3, -0.25) is 0 Å². The van der Waals surface area contributed by atoms with Crippen molar-refractivity contribution < 1.29 is 0 Å². The summed E-state index contributed by atoms with van der Waals surface area (Å²) >= 11 is 6.25. The molecule has 112 valence electrons. The SMILES string of the molecule is CC(C)(C)NCc1nc(-n2ccc(C3CC3)n2)ccc1Cl. The Hall–Kier alpha value is -1.39. The third kappa shape index (κ3) is 3.63. The summed E-state index contributed by atoms with van der Waals surface area (Å²) in [6.07, 6.45) is 4.49. The summed E-state index contributed by atoms with van der Waals surface area (Å²) in [6, 6.07) is 5.88. The Morgan fingerprint density at radius 2 is 2.05 bits per heavy atom. The largest absolute Gasteiger partial charge is 0.306 e. The van der Waals surface area contributed by atoms with Gasteiger partial charge in [0, 0.05) is 24.2 Å². The molecule has 4 nitrogen and oxygen atoms in total. The molecule has 1 fully saturated rings. The number of hydrogen-bond acceptors (Lipinski definition) is 3. The van der Waals surface area contributed by atoms with E-state index in [-0.39, 0.29) is 5.54 Å². The molecule has 5 heteroatoms. The van der Waals surface area contributed by atoms with E-state index in [1.54, 1.807) is 0 Å². The van der Waals surface area contributed by atoms with Crippen LogP contribution < -0.4 is 5.32 Å². The molecule has 2 aromatic heterocycles. The summed E-state index contributed by atoms with van der Waals surface area (Å²) < 4.78 is 1.84. The molecule has 3 rings (SSSR count). The number of pyridine rings is 1. The first-order chi connectivity index (χ1) is 9.92. The van der Waals surface area contributed by atoms with Gasteiger partial charge in [-0.05, 0) is 51.8 Å². The standard InChI is InChI=1S/C16H21ClN4/c1-16(2,3)18-10-14-12(17)6-7-15(19-14)21-9-8-13(20-21)11-4-5-11/h6-9,11,18H,4-5,10H2,1-3H3. The molecule has 0 saturated heterocycles. The Morgan fingerprint density at radius 1 is 1.29 bits per heavy atom. The maximum Gasteiger partial charge on any atom is 0.153 e. The van der Waals surface area contributed by atoms with Crippen LogP contribution in [0.25, 0.3) is 5.82 Å². The predicted molar refractivity (Wildman–Crippen MR) is 84.9 cm³/mol. The smallest absolute Gasteiger partial charge is 0.153 e. The highest BCUT2D eigenvalue weighted by atomic mass is 35.5. The van der Waals surface area contributed by atoms with E-state index < -0.39 is 0 Å². The molecule has 2 heterocycles. The molecule has 0 unspecified atom stereocenters. The zero-order valence-electron chi connectivity index (χ0n) is 12.7. The highest BCUT2D eigenvalue weighted by Gasteiger charge is 2.26. The molecule has 2 aromatic rings. The normalized spacial score (nSPS) is 15.4. The number of nitrogens with one attached hydrogen (secondary N) is 1. The Bertz CT molecular complexity index is 638. The van der Waals surface area contributed by atoms with Gasteiger partial charge in [0.2, 0.25) is 0 Å². The minimum atomic E-state index is 0.0336. The van der Waals surface area contributed by atoms with Crippen LogP contribution in [-0.4, -0.2) is 20.3 Å². The lowest BCUT2D eigenvalue weighted by atomic mass is 10.1. The van der Waals surface area contributed by atoms with E-state index in [2.05, 4.69) is 42.2 Å². The third-order valence-corrected chi connectivity index (χ3v) is 3.87. The fraction of sp³-hybridized carbons (Fsp3) is 0.500. The maximum atomic E-state index is 6.25. The van der Waals surface area contributed by atoms with Crippen LogP contribution in [-0.2, 0) is 6.54 Å². The van der Waals surface area contributed by atoms with Crippen molar-refractivity contribution in [2.45, 2.75) is 51.6 Å². The summed E-state index contributed by atoms with van der Waals surface area (Å²) in [5.74, 6) is 1.47. The zero-order valence-corrected chi connectivity index (χ0v) is 13.5. The summed E-state index contributed by atoms with van der Waals surface area (Å²) in [5.41, 5.74) is 2.06. The second-order valence-corrected chi connectivity index (χ2v) is 7.07. The number of halogens is 1. The topological polar surface area (TPSA) is 42.7 Å². The van der Waals surface area contributed by atoms with Crippen LogP contribution >= 0.6 is 11.6 Å². The van der Waals surface area contributed by atoms with Crippen molar-refractivity contribution in [2.24, 2.45) is 0 Å². The molecule has 21 heavy (non-hydrogen) atoms. The summed E-state index contributed by atoms with van der Waals surface area (Å²) in [5, 5.41) is 8.71. The van der Waals surface area contributed by atoms with Gasteiger partial charge in [0.05, 0.1) is 16.4 Å². The lowest BCUT2D eigenvalue weighted by molar-refractivity contribution is 0.421. The lowest BCUT2D eigenvalue weighted by Crippen LogP contribution is -2.35. The van der Waals surface area contributed by atoms with Crippen molar-refractivity contribution in [1.82, 2.24) is 20.1 Å². The molecule has 0 radical (unpaired) electrons. The van der Waals surface area contributed by atoms with E-state index in [1.807, 2.05) is 23.0 Å². The van der Waals surface area contributed by atoms with Gasteiger partial charge in [0.15, 0.2) is 5.82 Å². The maximum absolute atomic E-state index is 6.25. The summed E-state index contributed by atoms with van der Waals surface area (Å²) in [4.78, 5) is 4.64. The van der Waals surface area contributed by atoms with Gasteiger partial charge in [-0.1, -0.05) is 11.6 Å². The van der Waals surface area contributed by atoms with Crippen LogP contribution in [0, 0.1) is 0 Å². The number of hydrogen-bond donors (Lipinski definition) is 1. The van der Waals surface area contributed by atoms with Crippen molar-refractivity contribution in [2.75, 3.05) is 0 Å². The Labute approximate surface area is 130 Å². The van der Waals surface area contributed by atoms with Gasteiger partial charge in [-0.2, -0.15) is 5.10 Å². The molecule has 0 aromatic carbocycles. The fourth-order valence-corrected chi connectivity index (χ4v) is 2.31. The first-order valence-electron chi connectivity index (χ1n) is 7.39. The van der Waals surface area contributed by atoms with Gasteiger partial charge in [0.25, 0.3) is 0 Å². The van der Waals surface area contributed by atoms with Crippen LogP contribution in [0.15, 0.2) is 24.4 Å². The van der Waals surface area contributed by atoms with E-state index in [4.69, 9.17) is 11.6 Å². The Kier molecular flexibility index (Phi) is 3.76. The van der Waals surface area contributed by atoms with Gasteiger partial charge < -0.3 is 5.32 Å². The molecular formula is C16H21ClN4. The van der Waals surface area contributed by atoms with Crippen molar-refractivity contribution in [3.8, 4) is 5.82 Å². The highest BCUT2D eigenvalue weighted by molar-refractivity contribution is 6.31. The summed E-state index contributed by atoms with van der Waals surface area (Å²) in [6.45, 7) is 7.02. The Balaban J connectivity index is 1.81. The van der Waals surface area contributed by atoms with Crippen molar-refractivity contribution in [3.05, 3.63) is 40.8 Å². The molecule has 1 aliphatic carbocycles. The van der Waals surface area contributed by atoms with E-state index in [1.165, 1.54) is 18.5 Å². The van der Waals surface area contributed by atoms with Crippen molar-refractivity contribution in [3.63, 3.8) is 0 Å². The average molecular weight is 305 g/mol. The van der Waals surface area contributed by atoms with Crippen LogP contribution in [0.3, 0.4) is 0 Å². The van der Waals surface area contributed by atoms with Crippen LogP contribution in [0.5, 0.6) is 0 Å². The second-order valence-electron chi connectivity index (χ2n) is 6.66. The first-order valence-corrected chi connectivity index (χ1v) is 7.76. The Morgan fingerprint density at radius 3 is 2.71 bits per heavy atom. The molecular weight excluding hydrogens is 284 g/mol. The van der Waals surface area contributed by atoms with Crippen LogP contribution in [0.2, 0.25) is 5.02 Å². The predicted octanol–water partition coefficient (Wildman–Crippen LogP) is 3.69. The third-order valence-electron chi connectivity index (χ3n) is 3.53. The van der Waals surface area contributed by atoms with Gasteiger partial charge >= 0.3 is 0 Å². The molecule has 1 N–H and O–H groups in total. The highest BCUT2D eigenvalue weighted by Crippen LogP contribution is 2.39. The van der Waals surface area contributed by atoms with E-state index in [0.29, 0.717) is 17.5 Å². The molecule has 0 amide bonds. The fourth-order valence-electron chi connectivity index (χ4n) is 2.14. The van der Waals surface area contributed by atoms with E-state index in [0.717, 1.165) is 11.5 Å². The van der Waals surface area contributed by atoms with Crippen molar-refractivity contribution >= 4 is 11.6 Å². The second kappa shape index (κ2) is 5.43. The lowest BCUT2D eigenvalue weighted by Gasteiger charge is -2.20. The first kappa shape index (κ1) is 14.5. The minimum Gasteiger partial charge on any atom is -0.306 e. The number of aromatic nitrogens is 3. The average Bonchev–Trinajstić information content (AvgIpc) is 3.15. The van der Waals surface area contributed by atoms with Gasteiger partial charge in [-0.15, -0.1) is 0 Å². The number of nitrogens with zero attached hydrogens (tertiary/aromatic N) is 3.